The molecule has 0 bridgehead atoms. The van der Waals surface area contributed by atoms with E-state index in [4.69, 9.17) is 0 Å². The summed E-state index contributed by atoms with van der Waals surface area (Å²) < 4.78 is 0. The van der Waals surface area contributed by atoms with E-state index in [1.54, 1.807) is 0 Å². The lowest BCUT2D eigenvalue weighted by molar-refractivity contribution is -0.124. The summed E-state index contributed by atoms with van der Waals surface area (Å²) in [6, 6.07) is 21.2. The number of benzene rings is 2. The number of hydrogen-bond donors (Lipinski definition) is 0. The zero-order valence-corrected chi connectivity index (χ0v) is 15.5. The fraction of sp³-hybridized carbons (Fsp3) is 0.333. The second-order valence-electron chi connectivity index (χ2n) is 7.62. The molecule has 0 unspecified atom stereocenters. The Morgan fingerprint density at radius 2 is 1.67 bits per heavy atom. The largest absolute Gasteiger partial charge is 0.300 e. The number of rotatable bonds is 4. The molecule has 2 aromatic rings. The average Bonchev–Trinajstić information content (AvgIpc) is 2.69. The van der Waals surface area contributed by atoms with Gasteiger partial charge in [-0.25, -0.2) is 0 Å². The van der Waals surface area contributed by atoms with E-state index in [2.05, 4.69) is 35.2 Å². The van der Waals surface area contributed by atoms with Gasteiger partial charge >= 0.3 is 0 Å². The summed E-state index contributed by atoms with van der Waals surface area (Å²) in [5.41, 5.74) is 5.79. The summed E-state index contributed by atoms with van der Waals surface area (Å²) in [5, 5.41) is 9.60. The van der Waals surface area contributed by atoms with Gasteiger partial charge in [-0.05, 0) is 41.0 Å². The average molecular weight is 356 g/mol. The van der Waals surface area contributed by atoms with Crippen molar-refractivity contribution in [2.45, 2.75) is 38.1 Å². The number of carbonyl (C=O) groups is 1. The van der Waals surface area contributed by atoms with Gasteiger partial charge in [0.1, 0.15) is 5.78 Å². The standard InChI is InChI=1S/C24H24N2O/c25-16-24(20-4-2-1-3-5-20)21-10-12-26(13-11-21)17-18-6-8-19(9-7-18)22-14-23(27)15-22/h1-9,22H,10-15,17H2. The molecule has 0 atom stereocenters. The van der Waals surface area contributed by atoms with Crippen LogP contribution in [0, 0.1) is 11.3 Å². The molecule has 1 saturated carbocycles. The molecule has 136 valence electrons. The molecule has 3 nitrogen and oxygen atoms in total. The van der Waals surface area contributed by atoms with Gasteiger partial charge in [0.2, 0.25) is 0 Å². The molecule has 2 fully saturated rings. The Kier molecular flexibility index (Phi) is 5.18. The number of nitrogens with zero attached hydrogens (tertiary/aromatic N) is 2. The highest BCUT2D eigenvalue weighted by Gasteiger charge is 2.27. The molecule has 3 heteroatoms. The van der Waals surface area contributed by atoms with Gasteiger partial charge in [-0.2, -0.15) is 5.26 Å². The highest BCUT2D eigenvalue weighted by molar-refractivity contribution is 5.86. The third kappa shape index (κ3) is 4.02. The third-order valence-electron chi connectivity index (χ3n) is 5.79. The lowest BCUT2D eigenvalue weighted by Gasteiger charge is -2.29. The number of hydrogen-bond acceptors (Lipinski definition) is 3. The van der Waals surface area contributed by atoms with Crippen molar-refractivity contribution in [1.29, 1.82) is 5.26 Å². The number of ketones is 1. The Bertz CT molecular complexity index is 872. The van der Waals surface area contributed by atoms with Crippen molar-refractivity contribution >= 4 is 11.4 Å². The van der Waals surface area contributed by atoms with Gasteiger partial charge in [0.25, 0.3) is 0 Å². The SMILES string of the molecule is N#CC(=C1CCN(Cc2ccc(C3CC(=O)C3)cc2)CC1)c1ccccc1. The first kappa shape index (κ1) is 17.7. The third-order valence-corrected chi connectivity index (χ3v) is 5.79. The fourth-order valence-corrected chi connectivity index (χ4v) is 4.06. The first-order valence-electron chi connectivity index (χ1n) is 9.73. The highest BCUT2D eigenvalue weighted by Crippen LogP contribution is 2.33. The van der Waals surface area contributed by atoms with Crippen LogP contribution in [0.4, 0.5) is 0 Å². The van der Waals surface area contributed by atoms with Crippen molar-refractivity contribution in [3.8, 4) is 6.07 Å². The Morgan fingerprint density at radius 3 is 2.26 bits per heavy atom. The first-order chi connectivity index (χ1) is 13.2. The van der Waals surface area contributed by atoms with Gasteiger partial charge in [-0.3, -0.25) is 9.69 Å². The second kappa shape index (κ2) is 7.90. The van der Waals surface area contributed by atoms with Gasteiger partial charge in [0, 0.05) is 32.5 Å². The lowest BCUT2D eigenvalue weighted by atomic mass is 9.79. The maximum atomic E-state index is 11.2. The number of Topliss-reactive ketones (excluding diaryl/α,β-unsaturated/α-hetero) is 1. The Labute approximate surface area is 160 Å². The van der Waals surface area contributed by atoms with Gasteiger partial charge in [-0.1, -0.05) is 54.6 Å². The summed E-state index contributed by atoms with van der Waals surface area (Å²) in [6.07, 6.45) is 3.34. The Morgan fingerprint density at radius 1 is 1.00 bits per heavy atom. The molecular weight excluding hydrogens is 332 g/mol. The maximum Gasteiger partial charge on any atom is 0.134 e. The summed E-state index contributed by atoms with van der Waals surface area (Å²) in [7, 11) is 0. The molecule has 2 aromatic carbocycles. The molecule has 0 radical (unpaired) electrons. The molecule has 1 aliphatic carbocycles. The van der Waals surface area contributed by atoms with Crippen LogP contribution in [0.2, 0.25) is 0 Å². The van der Waals surface area contributed by atoms with E-state index in [-0.39, 0.29) is 0 Å². The molecule has 0 N–H and O–H groups in total. The number of likely N-dealkylation sites (tertiary alicyclic amines) is 1. The zero-order valence-electron chi connectivity index (χ0n) is 15.5. The van der Waals surface area contributed by atoms with Crippen LogP contribution in [0.5, 0.6) is 0 Å². The minimum absolute atomic E-state index is 0.383. The van der Waals surface area contributed by atoms with Crippen LogP contribution in [0.15, 0.2) is 60.2 Å². The van der Waals surface area contributed by atoms with Crippen molar-refractivity contribution in [1.82, 2.24) is 4.90 Å². The van der Waals surface area contributed by atoms with Crippen LogP contribution in [0.25, 0.3) is 5.57 Å². The van der Waals surface area contributed by atoms with Crippen molar-refractivity contribution in [3.05, 3.63) is 76.9 Å². The molecule has 0 amide bonds. The quantitative estimate of drug-likeness (QED) is 0.746. The van der Waals surface area contributed by atoms with Gasteiger partial charge in [-0.15, -0.1) is 0 Å². The second-order valence-corrected chi connectivity index (χ2v) is 7.62. The number of nitriles is 1. The van der Waals surface area contributed by atoms with E-state index in [0.29, 0.717) is 24.5 Å². The first-order valence-corrected chi connectivity index (χ1v) is 9.73. The van der Waals surface area contributed by atoms with Crippen LogP contribution in [-0.2, 0) is 11.3 Å². The normalized spacial score (nSPS) is 18.0. The van der Waals surface area contributed by atoms with Gasteiger partial charge in [0.05, 0.1) is 11.6 Å². The Hall–Kier alpha value is -2.70. The zero-order chi connectivity index (χ0) is 18.6. The summed E-state index contributed by atoms with van der Waals surface area (Å²) >= 11 is 0. The van der Waals surface area contributed by atoms with E-state index in [9.17, 15) is 10.1 Å². The smallest absolute Gasteiger partial charge is 0.134 e. The van der Waals surface area contributed by atoms with Crippen molar-refractivity contribution in [2.24, 2.45) is 0 Å². The summed E-state index contributed by atoms with van der Waals surface area (Å²) in [4.78, 5) is 13.6. The minimum atomic E-state index is 0.383. The predicted molar refractivity (Wildman–Crippen MR) is 107 cm³/mol. The van der Waals surface area contributed by atoms with Crippen LogP contribution >= 0.6 is 0 Å². The molecule has 1 saturated heterocycles. The number of allylic oxidation sites excluding steroid dienone is 1. The van der Waals surface area contributed by atoms with Crippen molar-refractivity contribution < 1.29 is 4.79 Å². The Balaban J connectivity index is 1.36. The molecule has 0 aromatic heterocycles. The summed E-state index contributed by atoms with van der Waals surface area (Å²) in [6.45, 7) is 2.93. The van der Waals surface area contributed by atoms with Gasteiger partial charge in [0.15, 0.2) is 0 Å². The van der Waals surface area contributed by atoms with Crippen LogP contribution in [-0.4, -0.2) is 23.8 Å². The van der Waals surface area contributed by atoms with E-state index in [0.717, 1.165) is 43.6 Å². The van der Waals surface area contributed by atoms with E-state index >= 15 is 0 Å². The monoisotopic (exact) mass is 356 g/mol. The molecule has 4 rings (SSSR count). The van der Waals surface area contributed by atoms with E-state index < -0.39 is 0 Å². The molecule has 27 heavy (non-hydrogen) atoms. The van der Waals surface area contributed by atoms with Crippen LogP contribution < -0.4 is 0 Å². The van der Waals surface area contributed by atoms with Crippen molar-refractivity contribution in [3.63, 3.8) is 0 Å². The summed E-state index contributed by atoms with van der Waals surface area (Å²) in [5.74, 6) is 0.824. The molecule has 2 aliphatic rings. The topological polar surface area (TPSA) is 44.1 Å². The van der Waals surface area contributed by atoms with Crippen LogP contribution in [0.3, 0.4) is 0 Å². The van der Waals surface area contributed by atoms with E-state index in [1.807, 2.05) is 30.3 Å². The van der Waals surface area contributed by atoms with E-state index in [1.165, 1.54) is 16.7 Å². The number of carbonyl (C=O) groups excluding carboxylic acids is 1. The minimum Gasteiger partial charge on any atom is -0.300 e. The fourth-order valence-electron chi connectivity index (χ4n) is 4.06. The maximum absolute atomic E-state index is 11.2. The van der Waals surface area contributed by atoms with Crippen LogP contribution in [0.1, 0.15) is 48.3 Å². The predicted octanol–water partition coefficient (Wildman–Crippen LogP) is 4.71. The molecule has 1 heterocycles. The molecule has 1 aliphatic heterocycles. The lowest BCUT2D eigenvalue weighted by Crippen LogP contribution is -2.30. The van der Waals surface area contributed by atoms with Gasteiger partial charge < -0.3 is 0 Å². The molecular formula is C24H24N2O. The van der Waals surface area contributed by atoms with Crippen molar-refractivity contribution in [2.75, 3.05) is 13.1 Å². The number of piperidine rings is 1. The highest BCUT2D eigenvalue weighted by atomic mass is 16.1. The molecule has 0 spiro atoms.